The molecule has 2 heterocycles. The van der Waals surface area contributed by atoms with Crippen molar-refractivity contribution in [2.24, 2.45) is 0 Å². The van der Waals surface area contributed by atoms with Crippen molar-refractivity contribution in [1.82, 2.24) is 5.16 Å². The average molecular weight is 421 g/mol. The van der Waals surface area contributed by atoms with Gasteiger partial charge in [-0.3, -0.25) is 0 Å². The fourth-order valence-electron chi connectivity index (χ4n) is 3.67. The van der Waals surface area contributed by atoms with Crippen LogP contribution < -0.4 is 4.74 Å². The van der Waals surface area contributed by atoms with Crippen LogP contribution in [0.1, 0.15) is 48.7 Å². The van der Waals surface area contributed by atoms with Gasteiger partial charge >= 0.3 is 5.97 Å². The van der Waals surface area contributed by atoms with E-state index in [4.69, 9.17) is 13.7 Å². The molecule has 5 rings (SSSR count). The Balaban J connectivity index is 1.71. The smallest absolute Gasteiger partial charge is 0.340 e. The second-order valence-electron chi connectivity index (χ2n) is 8.02. The fourth-order valence-corrected chi connectivity index (χ4v) is 3.67. The fraction of sp³-hybridized carbons (Fsp3) is 0.250. The van der Waals surface area contributed by atoms with Gasteiger partial charge in [0.1, 0.15) is 28.5 Å². The number of halogens is 1. The molecule has 2 aromatic carbocycles. The summed E-state index contributed by atoms with van der Waals surface area (Å²) in [6, 6.07) is 10.8. The number of aromatic carboxylic acids is 1. The SMILES string of the molecule is CC(C)Oc1cc2c(C(=O)O)c(-c3ccc(F)cc3)oc2cc1-c1cc(C2CC2)no1. The van der Waals surface area contributed by atoms with E-state index in [1.54, 1.807) is 12.1 Å². The van der Waals surface area contributed by atoms with Crippen LogP contribution in [-0.4, -0.2) is 22.3 Å². The van der Waals surface area contributed by atoms with Gasteiger partial charge in [-0.05, 0) is 63.1 Å². The second-order valence-corrected chi connectivity index (χ2v) is 8.02. The minimum atomic E-state index is -1.14. The first kappa shape index (κ1) is 19.4. The number of carboxylic acids is 1. The summed E-state index contributed by atoms with van der Waals surface area (Å²) in [6.45, 7) is 3.78. The standard InChI is InChI=1S/C24H20FNO5/c1-12(2)29-19-10-17-20(9-16(19)21-11-18(26-31-21)13-3-4-13)30-23(22(17)24(27)28)14-5-7-15(25)8-6-14/h5-13H,3-4H2,1-2H3,(H,27,28). The summed E-state index contributed by atoms with van der Waals surface area (Å²) in [5.41, 5.74) is 2.38. The van der Waals surface area contributed by atoms with Gasteiger partial charge in [-0.15, -0.1) is 0 Å². The summed E-state index contributed by atoms with van der Waals surface area (Å²) >= 11 is 0. The summed E-state index contributed by atoms with van der Waals surface area (Å²) < 4.78 is 30.9. The molecule has 0 unspecified atom stereocenters. The Kier molecular flexibility index (Phi) is 4.54. The predicted octanol–water partition coefficient (Wildman–Crippen LogP) is 6.26. The van der Waals surface area contributed by atoms with Crippen LogP contribution in [0.2, 0.25) is 0 Å². The van der Waals surface area contributed by atoms with Gasteiger partial charge in [0.25, 0.3) is 0 Å². The number of furan rings is 1. The van der Waals surface area contributed by atoms with Crippen LogP contribution in [0.4, 0.5) is 4.39 Å². The third-order valence-electron chi connectivity index (χ3n) is 5.26. The van der Waals surface area contributed by atoms with E-state index in [-0.39, 0.29) is 17.4 Å². The Hall–Kier alpha value is -3.61. The molecule has 1 fully saturated rings. The topological polar surface area (TPSA) is 85.7 Å². The molecule has 1 saturated carbocycles. The lowest BCUT2D eigenvalue weighted by Gasteiger charge is -2.13. The van der Waals surface area contributed by atoms with Crippen molar-refractivity contribution < 1.29 is 28.0 Å². The molecule has 0 bridgehead atoms. The van der Waals surface area contributed by atoms with Gasteiger partial charge in [0.05, 0.1) is 17.4 Å². The molecule has 1 aliphatic rings. The van der Waals surface area contributed by atoms with Crippen LogP contribution in [0.25, 0.3) is 33.6 Å². The first-order valence-electron chi connectivity index (χ1n) is 10.1. The highest BCUT2D eigenvalue weighted by Crippen LogP contribution is 2.44. The molecule has 31 heavy (non-hydrogen) atoms. The first-order valence-corrected chi connectivity index (χ1v) is 10.1. The van der Waals surface area contributed by atoms with Crippen LogP contribution in [-0.2, 0) is 0 Å². The van der Waals surface area contributed by atoms with E-state index in [0.29, 0.717) is 39.5 Å². The molecule has 6 nitrogen and oxygen atoms in total. The number of benzene rings is 2. The molecule has 158 valence electrons. The number of fused-ring (bicyclic) bond motifs is 1. The van der Waals surface area contributed by atoms with E-state index in [0.717, 1.165) is 18.5 Å². The Morgan fingerprint density at radius 1 is 1.19 bits per heavy atom. The van der Waals surface area contributed by atoms with Crippen molar-refractivity contribution in [2.75, 3.05) is 0 Å². The van der Waals surface area contributed by atoms with E-state index in [1.165, 1.54) is 24.3 Å². The molecule has 7 heteroatoms. The molecule has 0 radical (unpaired) electrons. The zero-order chi connectivity index (χ0) is 21.7. The quantitative estimate of drug-likeness (QED) is 0.396. The van der Waals surface area contributed by atoms with Crippen molar-refractivity contribution in [1.29, 1.82) is 0 Å². The van der Waals surface area contributed by atoms with Gasteiger partial charge in [-0.2, -0.15) is 0 Å². The van der Waals surface area contributed by atoms with Crippen LogP contribution >= 0.6 is 0 Å². The van der Waals surface area contributed by atoms with Gasteiger partial charge in [-0.25, -0.2) is 9.18 Å². The zero-order valence-electron chi connectivity index (χ0n) is 17.0. The summed E-state index contributed by atoms with van der Waals surface area (Å²) in [5, 5.41) is 14.5. The maximum absolute atomic E-state index is 13.4. The highest BCUT2D eigenvalue weighted by Gasteiger charge is 2.29. The summed E-state index contributed by atoms with van der Waals surface area (Å²) in [6.07, 6.45) is 2.06. The Labute approximate surface area is 177 Å². The number of aromatic nitrogens is 1. The van der Waals surface area contributed by atoms with Gasteiger partial charge in [0.15, 0.2) is 5.76 Å². The predicted molar refractivity (Wildman–Crippen MR) is 112 cm³/mol. The molecular formula is C24H20FNO5. The number of rotatable bonds is 6. The van der Waals surface area contributed by atoms with Crippen molar-refractivity contribution in [3.63, 3.8) is 0 Å². The van der Waals surface area contributed by atoms with Crippen molar-refractivity contribution in [3.05, 3.63) is 59.5 Å². The van der Waals surface area contributed by atoms with Crippen LogP contribution in [0.15, 0.2) is 51.4 Å². The van der Waals surface area contributed by atoms with Crippen LogP contribution in [0.5, 0.6) is 5.75 Å². The van der Waals surface area contributed by atoms with Crippen molar-refractivity contribution >= 4 is 16.9 Å². The van der Waals surface area contributed by atoms with E-state index in [1.807, 2.05) is 19.9 Å². The number of ether oxygens (including phenoxy) is 1. The van der Waals surface area contributed by atoms with Gasteiger partial charge in [0.2, 0.25) is 0 Å². The Morgan fingerprint density at radius 3 is 2.58 bits per heavy atom. The molecule has 0 amide bonds. The number of carboxylic acid groups (broad SMARTS) is 1. The number of nitrogens with zero attached hydrogens (tertiary/aromatic N) is 1. The highest BCUT2D eigenvalue weighted by atomic mass is 19.1. The molecule has 0 atom stereocenters. The molecular weight excluding hydrogens is 401 g/mol. The average Bonchev–Trinajstić information content (AvgIpc) is 3.33. The van der Waals surface area contributed by atoms with Crippen LogP contribution in [0, 0.1) is 5.82 Å². The molecule has 0 spiro atoms. The summed E-state index contributed by atoms with van der Waals surface area (Å²) in [7, 11) is 0. The van der Waals surface area contributed by atoms with Crippen molar-refractivity contribution in [3.8, 4) is 28.4 Å². The highest BCUT2D eigenvalue weighted by molar-refractivity contribution is 6.09. The molecule has 0 saturated heterocycles. The minimum absolute atomic E-state index is 0.00185. The number of carbonyl (C=O) groups is 1. The third-order valence-corrected chi connectivity index (χ3v) is 5.26. The van der Waals surface area contributed by atoms with E-state index >= 15 is 0 Å². The van der Waals surface area contributed by atoms with Crippen LogP contribution in [0.3, 0.4) is 0 Å². The zero-order valence-corrected chi connectivity index (χ0v) is 17.0. The molecule has 2 aromatic heterocycles. The van der Waals surface area contributed by atoms with Gasteiger partial charge in [-0.1, -0.05) is 5.16 Å². The van der Waals surface area contributed by atoms with Crippen molar-refractivity contribution in [2.45, 2.75) is 38.7 Å². The largest absolute Gasteiger partial charge is 0.490 e. The summed E-state index contributed by atoms with van der Waals surface area (Å²) in [5.74, 6) is 0.0563. The van der Waals surface area contributed by atoms with Gasteiger partial charge < -0.3 is 18.8 Å². The lowest BCUT2D eigenvalue weighted by Crippen LogP contribution is -2.06. The molecule has 1 N–H and O–H groups in total. The number of hydrogen-bond acceptors (Lipinski definition) is 5. The molecule has 0 aliphatic heterocycles. The van der Waals surface area contributed by atoms with E-state index < -0.39 is 11.8 Å². The normalized spacial score (nSPS) is 13.8. The van der Waals surface area contributed by atoms with Gasteiger partial charge in [0, 0.05) is 22.9 Å². The Bertz CT molecular complexity index is 1280. The summed E-state index contributed by atoms with van der Waals surface area (Å²) in [4.78, 5) is 12.1. The molecule has 4 aromatic rings. The molecule has 1 aliphatic carbocycles. The van der Waals surface area contributed by atoms with E-state index in [2.05, 4.69) is 5.16 Å². The first-order chi connectivity index (χ1) is 14.9. The lowest BCUT2D eigenvalue weighted by molar-refractivity contribution is 0.0699. The number of hydrogen-bond donors (Lipinski definition) is 1. The van der Waals surface area contributed by atoms with E-state index in [9.17, 15) is 14.3 Å². The maximum Gasteiger partial charge on any atom is 0.340 e. The monoisotopic (exact) mass is 421 g/mol. The lowest BCUT2D eigenvalue weighted by atomic mass is 10.0. The minimum Gasteiger partial charge on any atom is -0.490 e. The Morgan fingerprint density at radius 2 is 1.94 bits per heavy atom. The second kappa shape index (κ2) is 7.27. The third kappa shape index (κ3) is 3.56. The maximum atomic E-state index is 13.4.